The highest BCUT2D eigenvalue weighted by molar-refractivity contribution is 6.05. The summed E-state index contributed by atoms with van der Waals surface area (Å²) in [6.45, 7) is 2.81. The first-order valence-corrected chi connectivity index (χ1v) is 17.4. The van der Waals surface area contributed by atoms with Gasteiger partial charge in [0, 0.05) is 47.2 Å². The topological polar surface area (TPSA) is 160 Å². The number of para-hydroxylation sites is 1. The molecule has 2 saturated heterocycles. The van der Waals surface area contributed by atoms with Crippen LogP contribution in [-0.2, 0) is 26.3 Å². The van der Waals surface area contributed by atoms with Gasteiger partial charge in [0.05, 0.1) is 24.4 Å². The number of piperidine rings is 2. The summed E-state index contributed by atoms with van der Waals surface area (Å²) in [7, 11) is 1.72. The van der Waals surface area contributed by atoms with Gasteiger partial charge in [-0.05, 0) is 82.3 Å². The first kappa shape index (κ1) is 32.2. The maximum atomic E-state index is 13.3. The highest BCUT2D eigenvalue weighted by Crippen LogP contribution is 2.50. The van der Waals surface area contributed by atoms with Gasteiger partial charge in [-0.2, -0.15) is 0 Å². The van der Waals surface area contributed by atoms with Gasteiger partial charge in [-0.25, -0.2) is 0 Å². The number of carbonyl (C=O) groups is 3. The number of aromatic hydroxyl groups is 1. The van der Waals surface area contributed by atoms with Crippen molar-refractivity contribution in [2.75, 3.05) is 32.5 Å². The summed E-state index contributed by atoms with van der Waals surface area (Å²) < 4.78 is 12.4. The quantitative estimate of drug-likeness (QED) is 0.276. The van der Waals surface area contributed by atoms with Gasteiger partial charge in [0.1, 0.15) is 23.1 Å². The van der Waals surface area contributed by atoms with Gasteiger partial charge < -0.3 is 30.1 Å². The molecular weight excluding hydrogens is 636 g/mol. The van der Waals surface area contributed by atoms with E-state index in [0.717, 1.165) is 62.9 Å². The van der Waals surface area contributed by atoms with Crippen LogP contribution in [0.3, 0.4) is 0 Å². The molecule has 1 unspecified atom stereocenters. The number of aromatic nitrogens is 2. The van der Waals surface area contributed by atoms with Gasteiger partial charge in [-0.15, -0.1) is 10.2 Å². The molecule has 2 aromatic carbocycles. The molecule has 12 nitrogen and oxygen atoms in total. The number of hydrogen-bond acceptors (Lipinski definition) is 10. The molecule has 8 rings (SSSR count). The number of anilines is 1. The maximum Gasteiger partial charge on any atom is 0.255 e. The van der Waals surface area contributed by atoms with Crippen LogP contribution >= 0.6 is 0 Å². The summed E-state index contributed by atoms with van der Waals surface area (Å²) >= 11 is 0. The van der Waals surface area contributed by atoms with Crippen molar-refractivity contribution in [1.29, 1.82) is 0 Å². The number of likely N-dealkylation sites (tertiary alicyclic amines) is 1. The van der Waals surface area contributed by atoms with Crippen LogP contribution in [0.1, 0.15) is 78.4 Å². The minimum absolute atomic E-state index is 0.101. The van der Waals surface area contributed by atoms with Crippen LogP contribution in [0.2, 0.25) is 0 Å². The number of amides is 3. The van der Waals surface area contributed by atoms with E-state index in [4.69, 9.17) is 15.2 Å². The molecule has 1 saturated carbocycles. The smallest absolute Gasteiger partial charge is 0.255 e. The number of carbonyl (C=O) groups excluding carboxylic acids is 3. The Morgan fingerprint density at radius 1 is 1.02 bits per heavy atom. The van der Waals surface area contributed by atoms with Gasteiger partial charge >= 0.3 is 0 Å². The van der Waals surface area contributed by atoms with E-state index in [-0.39, 0.29) is 35.2 Å². The van der Waals surface area contributed by atoms with Crippen molar-refractivity contribution in [3.8, 4) is 34.6 Å². The number of nitrogens with zero attached hydrogens (tertiary/aromatic N) is 4. The number of phenolic OH excluding ortho intramolecular Hbond substituents is 1. The van der Waals surface area contributed by atoms with E-state index in [2.05, 4.69) is 38.3 Å². The SMILES string of the molecule is COC1(C#Cc2cc(-c3ccccc3O)nnc2N)CCC(N2CCC3(CC2)COc2c3ccc3c2CN(C2CCC(=O)NC2=O)C3=O)CC1. The zero-order valence-corrected chi connectivity index (χ0v) is 28.0. The fourth-order valence-corrected chi connectivity index (χ4v) is 8.53. The normalized spacial score (nSPS) is 25.8. The third-order valence-electron chi connectivity index (χ3n) is 11.6. The van der Waals surface area contributed by atoms with E-state index < -0.39 is 17.6 Å². The van der Waals surface area contributed by atoms with E-state index >= 15 is 0 Å². The lowest BCUT2D eigenvalue weighted by atomic mass is 9.73. The van der Waals surface area contributed by atoms with Gasteiger partial charge in [0.2, 0.25) is 11.8 Å². The lowest BCUT2D eigenvalue weighted by molar-refractivity contribution is -0.136. The molecule has 0 radical (unpaired) electrons. The van der Waals surface area contributed by atoms with E-state index in [0.29, 0.717) is 48.0 Å². The average molecular weight is 677 g/mol. The van der Waals surface area contributed by atoms with Gasteiger partial charge in [0.25, 0.3) is 5.91 Å². The number of phenols is 1. The largest absolute Gasteiger partial charge is 0.507 e. The van der Waals surface area contributed by atoms with Crippen molar-refractivity contribution >= 4 is 23.5 Å². The van der Waals surface area contributed by atoms with Crippen LogP contribution in [-0.4, -0.2) is 87.3 Å². The zero-order valence-electron chi connectivity index (χ0n) is 28.0. The van der Waals surface area contributed by atoms with Crippen molar-refractivity contribution in [3.63, 3.8) is 0 Å². The van der Waals surface area contributed by atoms with Crippen LogP contribution in [0, 0.1) is 11.8 Å². The van der Waals surface area contributed by atoms with Crippen molar-refractivity contribution < 1.29 is 29.0 Å². The molecule has 5 aliphatic rings. The molecule has 1 spiro atoms. The molecule has 3 aromatic rings. The Kier molecular flexibility index (Phi) is 8.00. The molecule has 1 aromatic heterocycles. The summed E-state index contributed by atoms with van der Waals surface area (Å²) in [5.74, 6) is 6.87. The number of nitrogens with two attached hydrogens (primary N) is 1. The monoisotopic (exact) mass is 676 g/mol. The molecule has 3 amide bonds. The fraction of sp³-hybridized carbons (Fsp3) is 0.447. The van der Waals surface area contributed by atoms with Crippen LogP contribution in [0.25, 0.3) is 11.3 Å². The second-order valence-electron chi connectivity index (χ2n) is 14.2. The van der Waals surface area contributed by atoms with Crippen LogP contribution in [0.5, 0.6) is 11.5 Å². The molecule has 50 heavy (non-hydrogen) atoms. The van der Waals surface area contributed by atoms with Crippen molar-refractivity contribution in [1.82, 2.24) is 25.3 Å². The second kappa shape index (κ2) is 12.4. The number of ether oxygens (including phenoxy) is 2. The summed E-state index contributed by atoms with van der Waals surface area (Å²) in [6.07, 6.45) is 6.00. The third-order valence-corrected chi connectivity index (χ3v) is 11.6. The predicted molar refractivity (Wildman–Crippen MR) is 183 cm³/mol. The highest BCUT2D eigenvalue weighted by Gasteiger charge is 2.48. The van der Waals surface area contributed by atoms with Crippen LogP contribution in [0.4, 0.5) is 5.82 Å². The molecule has 4 aliphatic heterocycles. The minimum Gasteiger partial charge on any atom is -0.507 e. The maximum absolute atomic E-state index is 13.3. The number of nitrogens with one attached hydrogen (secondary N) is 1. The molecule has 1 aliphatic carbocycles. The molecule has 4 N–H and O–H groups in total. The summed E-state index contributed by atoms with van der Waals surface area (Å²) in [6, 6.07) is 12.5. The first-order valence-electron chi connectivity index (χ1n) is 17.4. The van der Waals surface area contributed by atoms with Crippen LogP contribution in [0.15, 0.2) is 42.5 Å². The van der Waals surface area contributed by atoms with Crippen molar-refractivity contribution in [3.05, 3.63) is 64.7 Å². The molecule has 258 valence electrons. The fourth-order valence-electron chi connectivity index (χ4n) is 8.53. The van der Waals surface area contributed by atoms with E-state index in [1.54, 1.807) is 36.3 Å². The molecule has 3 fully saturated rings. The standard InChI is InChI=1S/C38H40N6O6/c1-49-38(13-10-23-20-29(41-42-34(23)39)26-4-2-3-5-31(26)45)14-11-24(12-15-38)43-18-16-37(17-19-43)22-50-33-27-21-44(30-8-9-32(46)40-35(30)47)36(48)25(27)6-7-28(33)37/h2-7,20,24,30,45H,8-9,11-12,14-19,21-22H2,1H3,(H2,39,42)(H,40,46,47). The number of methoxy groups -OCH3 is 1. The Labute approximate surface area is 290 Å². The Balaban J connectivity index is 0.917. The lowest BCUT2D eigenvalue weighted by Crippen LogP contribution is -2.52. The summed E-state index contributed by atoms with van der Waals surface area (Å²) in [5, 5.41) is 20.9. The van der Waals surface area contributed by atoms with E-state index in [1.807, 2.05) is 12.1 Å². The molecule has 12 heteroatoms. The molecule has 1 atom stereocenters. The number of benzene rings is 2. The van der Waals surface area contributed by atoms with Gasteiger partial charge in [0.15, 0.2) is 5.82 Å². The van der Waals surface area contributed by atoms with Crippen molar-refractivity contribution in [2.45, 2.75) is 81.0 Å². The summed E-state index contributed by atoms with van der Waals surface area (Å²) in [4.78, 5) is 41.8. The number of rotatable bonds is 4. The molecule has 0 bridgehead atoms. The summed E-state index contributed by atoms with van der Waals surface area (Å²) in [5.41, 5.74) is 9.70. The lowest BCUT2D eigenvalue weighted by Gasteiger charge is -2.45. The number of imide groups is 1. The number of fused-ring (bicyclic) bond motifs is 4. The van der Waals surface area contributed by atoms with Gasteiger partial charge in [-0.1, -0.05) is 30.0 Å². The average Bonchev–Trinajstić information content (AvgIpc) is 3.66. The first-order chi connectivity index (χ1) is 24.2. The second-order valence-corrected chi connectivity index (χ2v) is 14.2. The Hall–Kier alpha value is -4.99. The predicted octanol–water partition coefficient (Wildman–Crippen LogP) is 3.30. The number of nitrogen functional groups attached to an aromatic ring is 1. The van der Waals surface area contributed by atoms with E-state index in [1.165, 1.54) is 5.56 Å². The third kappa shape index (κ3) is 5.45. The van der Waals surface area contributed by atoms with E-state index in [9.17, 15) is 19.5 Å². The Morgan fingerprint density at radius 2 is 1.80 bits per heavy atom. The Bertz CT molecular complexity index is 1950. The molecular formula is C38H40N6O6. The minimum atomic E-state index is -0.645. The highest BCUT2D eigenvalue weighted by atomic mass is 16.5. The van der Waals surface area contributed by atoms with Crippen LogP contribution < -0.4 is 15.8 Å². The van der Waals surface area contributed by atoms with Crippen molar-refractivity contribution in [2.24, 2.45) is 0 Å². The zero-order chi connectivity index (χ0) is 34.6. The van der Waals surface area contributed by atoms with Gasteiger partial charge in [-0.3, -0.25) is 19.7 Å². The molecule has 5 heterocycles. The number of hydrogen-bond donors (Lipinski definition) is 3. The Morgan fingerprint density at radius 3 is 2.54 bits per heavy atom.